The first kappa shape index (κ1) is 12.1. The van der Waals surface area contributed by atoms with Crippen LogP contribution >= 0.6 is 0 Å². The van der Waals surface area contributed by atoms with Crippen molar-refractivity contribution in [2.75, 3.05) is 24.2 Å². The van der Waals surface area contributed by atoms with E-state index < -0.39 is 0 Å². The number of aryl methyl sites for hydroxylation is 1. The monoisotopic (exact) mass is 236 g/mol. The molecule has 0 spiro atoms. The van der Waals surface area contributed by atoms with Crippen LogP contribution in [0.4, 0.5) is 11.6 Å². The molecule has 1 atom stereocenters. The van der Waals surface area contributed by atoms with Crippen LogP contribution in [0.25, 0.3) is 0 Å². The van der Waals surface area contributed by atoms with Crippen molar-refractivity contribution in [2.24, 2.45) is 5.92 Å². The van der Waals surface area contributed by atoms with E-state index in [1.807, 2.05) is 20.9 Å². The first-order valence-electron chi connectivity index (χ1n) is 6.06. The Morgan fingerprint density at radius 3 is 2.53 bits per heavy atom. The normalized spacial score (nSPS) is 16.7. The van der Waals surface area contributed by atoms with E-state index in [0.717, 1.165) is 35.9 Å². The van der Waals surface area contributed by atoms with Crippen molar-refractivity contribution < 1.29 is 5.11 Å². The number of nitrogens with one attached hydrogen (secondary N) is 2. The lowest BCUT2D eigenvalue weighted by atomic mass is 10.2. The van der Waals surface area contributed by atoms with Crippen LogP contribution in [0.15, 0.2) is 0 Å². The SMILES string of the molecule is CNc1nc(C)nc(NCC(O)C2CC2)c1C. The summed E-state index contributed by atoms with van der Waals surface area (Å²) in [5.74, 6) is 2.85. The third-order valence-electron chi connectivity index (χ3n) is 3.14. The number of aromatic nitrogens is 2. The zero-order valence-electron chi connectivity index (χ0n) is 10.6. The summed E-state index contributed by atoms with van der Waals surface area (Å²) in [4.78, 5) is 8.66. The number of nitrogens with zero attached hydrogens (tertiary/aromatic N) is 2. The van der Waals surface area contributed by atoms with Gasteiger partial charge in [0.2, 0.25) is 0 Å². The predicted octanol–water partition coefficient (Wildman–Crippen LogP) is 1.32. The first-order valence-corrected chi connectivity index (χ1v) is 6.06. The van der Waals surface area contributed by atoms with Crippen LogP contribution in [0.2, 0.25) is 0 Å². The lowest BCUT2D eigenvalue weighted by molar-refractivity contribution is 0.164. The number of hydrogen-bond donors (Lipinski definition) is 3. The number of aliphatic hydroxyl groups excluding tert-OH is 1. The van der Waals surface area contributed by atoms with Crippen LogP contribution in [-0.2, 0) is 0 Å². The largest absolute Gasteiger partial charge is 0.391 e. The third-order valence-corrected chi connectivity index (χ3v) is 3.14. The summed E-state index contributed by atoms with van der Waals surface area (Å²) in [6.07, 6.45) is 2.03. The van der Waals surface area contributed by atoms with Gasteiger partial charge < -0.3 is 15.7 Å². The zero-order valence-corrected chi connectivity index (χ0v) is 10.6. The van der Waals surface area contributed by atoms with Gasteiger partial charge in [0.05, 0.1) is 6.10 Å². The zero-order chi connectivity index (χ0) is 12.4. The summed E-state index contributed by atoms with van der Waals surface area (Å²) in [7, 11) is 1.84. The standard InChI is InChI=1S/C12H20N4O/c1-7-11(13-3)15-8(2)16-12(7)14-6-10(17)9-4-5-9/h9-10,17H,4-6H2,1-3H3,(H2,13,14,15,16). The van der Waals surface area contributed by atoms with Crippen molar-refractivity contribution in [3.05, 3.63) is 11.4 Å². The summed E-state index contributed by atoms with van der Waals surface area (Å²) >= 11 is 0. The van der Waals surface area contributed by atoms with Gasteiger partial charge in [0, 0.05) is 19.2 Å². The maximum atomic E-state index is 9.82. The molecule has 0 saturated heterocycles. The minimum Gasteiger partial charge on any atom is -0.391 e. The molecule has 1 fully saturated rings. The first-order chi connectivity index (χ1) is 8.11. The quantitative estimate of drug-likeness (QED) is 0.719. The molecule has 1 aromatic heterocycles. The third kappa shape index (κ3) is 2.85. The molecule has 94 valence electrons. The number of rotatable bonds is 5. The van der Waals surface area contributed by atoms with E-state index in [-0.39, 0.29) is 6.10 Å². The van der Waals surface area contributed by atoms with Crippen LogP contribution in [0.5, 0.6) is 0 Å². The highest BCUT2D eigenvalue weighted by molar-refractivity contribution is 5.56. The van der Waals surface area contributed by atoms with Crippen molar-refractivity contribution in [3.63, 3.8) is 0 Å². The summed E-state index contributed by atoms with van der Waals surface area (Å²) in [5, 5.41) is 16.1. The van der Waals surface area contributed by atoms with Gasteiger partial charge in [0.1, 0.15) is 17.5 Å². The number of anilines is 2. The highest BCUT2D eigenvalue weighted by Gasteiger charge is 2.29. The Balaban J connectivity index is 2.05. The molecule has 5 heteroatoms. The Kier molecular flexibility index (Phi) is 3.47. The van der Waals surface area contributed by atoms with Crippen molar-refractivity contribution in [1.82, 2.24) is 9.97 Å². The molecule has 17 heavy (non-hydrogen) atoms. The molecule has 0 aromatic carbocycles. The second kappa shape index (κ2) is 4.87. The molecule has 0 radical (unpaired) electrons. The lowest BCUT2D eigenvalue weighted by Crippen LogP contribution is -2.22. The summed E-state index contributed by atoms with van der Waals surface area (Å²) in [6, 6.07) is 0. The molecule has 0 aliphatic heterocycles. The van der Waals surface area contributed by atoms with Gasteiger partial charge in [-0.05, 0) is 32.6 Å². The van der Waals surface area contributed by atoms with Crippen LogP contribution in [-0.4, -0.2) is 34.8 Å². The summed E-state index contributed by atoms with van der Waals surface area (Å²) < 4.78 is 0. The highest BCUT2D eigenvalue weighted by atomic mass is 16.3. The van der Waals surface area contributed by atoms with E-state index in [1.54, 1.807) is 0 Å². The molecule has 1 aliphatic rings. The maximum absolute atomic E-state index is 9.82. The topological polar surface area (TPSA) is 70.1 Å². The van der Waals surface area contributed by atoms with E-state index in [4.69, 9.17) is 0 Å². The van der Waals surface area contributed by atoms with E-state index >= 15 is 0 Å². The van der Waals surface area contributed by atoms with Crippen molar-refractivity contribution in [2.45, 2.75) is 32.8 Å². The molecule has 1 saturated carbocycles. The number of aliphatic hydroxyl groups is 1. The molecule has 0 amide bonds. The Hall–Kier alpha value is -1.36. The molecule has 1 heterocycles. The molecule has 1 unspecified atom stereocenters. The fraction of sp³-hybridized carbons (Fsp3) is 0.667. The van der Waals surface area contributed by atoms with Crippen LogP contribution < -0.4 is 10.6 Å². The summed E-state index contributed by atoms with van der Waals surface area (Å²) in [5.41, 5.74) is 0.987. The Labute approximate surface area is 102 Å². The van der Waals surface area contributed by atoms with Crippen molar-refractivity contribution in [1.29, 1.82) is 0 Å². The summed E-state index contributed by atoms with van der Waals surface area (Å²) in [6.45, 7) is 4.39. The van der Waals surface area contributed by atoms with Gasteiger partial charge >= 0.3 is 0 Å². The fourth-order valence-electron chi connectivity index (χ4n) is 1.89. The van der Waals surface area contributed by atoms with Gasteiger partial charge in [-0.2, -0.15) is 0 Å². The highest BCUT2D eigenvalue weighted by Crippen LogP contribution is 2.32. The minimum absolute atomic E-state index is 0.261. The molecular formula is C12H20N4O. The van der Waals surface area contributed by atoms with E-state index in [9.17, 15) is 5.11 Å². The second-order valence-electron chi connectivity index (χ2n) is 4.63. The average molecular weight is 236 g/mol. The Morgan fingerprint density at radius 1 is 1.29 bits per heavy atom. The molecule has 1 aromatic rings. The van der Waals surface area contributed by atoms with Gasteiger partial charge in [-0.3, -0.25) is 0 Å². The molecule has 0 bridgehead atoms. The van der Waals surface area contributed by atoms with Gasteiger partial charge in [-0.25, -0.2) is 9.97 Å². The van der Waals surface area contributed by atoms with Crippen LogP contribution in [0.1, 0.15) is 24.2 Å². The number of hydrogen-bond acceptors (Lipinski definition) is 5. The van der Waals surface area contributed by atoms with Gasteiger partial charge in [-0.1, -0.05) is 0 Å². The van der Waals surface area contributed by atoms with Crippen LogP contribution in [0.3, 0.4) is 0 Å². The second-order valence-corrected chi connectivity index (χ2v) is 4.63. The Bertz CT molecular complexity index is 404. The molecule has 2 rings (SSSR count). The van der Waals surface area contributed by atoms with E-state index in [0.29, 0.717) is 12.5 Å². The van der Waals surface area contributed by atoms with Crippen molar-refractivity contribution >= 4 is 11.6 Å². The molecule has 5 nitrogen and oxygen atoms in total. The van der Waals surface area contributed by atoms with Gasteiger partial charge in [0.25, 0.3) is 0 Å². The predicted molar refractivity (Wildman–Crippen MR) is 68.3 cm³/mol. The lowest BCUT2D eigenvalue weighted by Gasteiger charge is -2.15. The maximum Gasteiger partial charge on any atom is 0.134 e. The average Bonchev–Trinajstić information content (AvgIpc) is 3.13. The molecular weight excluding hydrogens is 216 g/mol. The minimum atomic E-state index is -0.261. The van der Waals surface area contributed by atoms with Crippen LogP contribution in [0, 0.1) is 19.8 Å². The Morgan fingerprint density at radius 2 is 1.94 bits per heavy atom. The van der Waals surface area contributed by atoms with Gasteiger partial charge in [0.15, 0.2) is 0 Å². The van der Waals surface area contributed by atoms with E-state index in [1.165, 1.54) is 0 Å². The molecule has 3 N–H and O–H groups in total. The van der Waals surface area contributed by atoms with Gasteiger partial charge in [-0.15, -0.1) is 0 Å². The van der Waals surface area contributed by atoms with E-state index in [2.05, 4.69) is 20.6 Å². The van der Waals surface area contributed by atoms with Crippen molar-refractivity contribution in [3.8, 4) is 0 Å². The molecule has 1 aliphatic carbocycles. The smallest absolute Gasteiger partial charge is 0.134 e. The fourth-order valence-corrected chi connectivity index (χ4v) is 1.89.